The first-order valence-corrected chi connectivity index (χ1v) is 10.5. The van der Waals surface area contributed by atoms with Gasteiger partial charge in [0.1, 0.15) is 5.75 Å². The van der Waals surface area contributed by atoms with Crippen molar-refractivity contribution in [2.24, 2.45) is 0 Å². The Morgan fingerprint density at radius 3 is 2.31 bits per heavy atom. The number of para-hydroxylation sites is 1. The molecule has 0 aliphatic carbocycles. The van der Waals surface area contributed by atoms with Gasteiger partial charge in [-0.2, -0.15) is 0 Å². The number of benzene rings is 1. The molecule has 0 spiro atoms. The highest BCUT2D eigenvalue weighted by Gasteiger charge is 2.10. The maximum absolute atomic E-state index is 6.13. The van der Waals surface area contributed by atoms with E-state index < -0.39 is 0 Å². The Balaban J connectivity index is 2.03. The fourth-order valence-electron chi connectivity index (χ4n) is 3.33. The van der Waals surface area contributed by atoms with E-state index in [0.717, 1.165) is 25.2 Å². The smallest absolute Gasteiger partial charge is 0.127 e. The lowest BCUT2D eigenvalue weighted by molar-refractivity contribution is 0.306. The second kappa shape index (κ2) is 12.5. The largest absolute Gasteiger partial charge is 0.493 e. The van der Waals surface area contributed by atoms with Crippen LogP contribution in [-0.4, -0.2) is 11.6 Å². The van der Waals surface area contributed by atoms with Crippen LogP contribution >= 0.6 is 0 Å². The molecule has 0 saturated carbocycles. The number of hydrogen-bond donors (Lipinski definition) is 0. The molecule has 0 radical (unpaired) electrons. The molecule has 2 heteroatoms. The van der Waals surface area contributed by atoms with E-state index in [9.17, 15) is 0 Å². The van der Waals surface area contributed by atoms with Crippen molar-refractivity contribution >= 4 is 0 Å². The third kappa shape index (κ3) is 6.82. The maximum atomic E-state index is 6.13. The normalized spacial score (nSPS) is 10.8. The Kier molecular flexibility index (Phi) is 9.86. The molecule has 0 amide bonds. The molecule has 0 aliphatic heterocycles. The van der Waals surface area contributed by atoms with E-state index in [1.165, 1.54) is 68.1 Å². The molecule has 1 heterocycles. The number of rotatable bonds is 13. The van der Waals surface area contributed by atoms with Crippen molar-refractivity contribution in [1.82, 2.24) is 4.98 Å². The molecule has 0 N–H and O–H groups in total. The van der Waals surface area contributed by atoms with E-state index in [1.54, 1.807) is 0 Å². The molecule has 2 aromatic rings. The van der Waals surface area contributed by atoms with Gasteiger partial charge in [-0.1, -0.05) is 77.0 Å². The first-order chi connectivity index (χ1) is 12.9. The van der Waals surface area contributed by atoms with Crippen LogP contribution in [0.15, 0.2) is 42.7 Å². The van der Waals surface area contributed by atoms with Crippen LogP contribution in [0.2, 0.25) is 0 Å². The Morgan fingerprint density at radius 1 is 0.769 bits per heavy atom. The summed E-state index contributed by atoms with van der Waals surface area (Å²) in [6, 6.07) is 10.6. The number of aromatic nitrogens is 1. The zero-order chi connectivity index (χ0) is 18.5. The average molecular weight is 354 g/mol. The van der Waals surface area contributed by atoms with Crippen molar-refractivity contribution in [3.8, 4) is 16.9 Å². The highest BCUT2D eigenvalue weighted by atomic mass is 16.5. The lowest BCUT2D eigenvalue weighted by Gasteiger charge is -2.14. The molecule has 1 aromatic carbocycles. The summed E-state index contributed by atoms with van der Waals surface area (Å²) in [6.07, 6.45) is 16.5. The quantitative estimate of drug-likeness (QED) is 0.355. The summed E-state index contributed by atoms with van der Waals surface area (Å²) in [5.41, 5.74) is 3.82. The average Bonchev–Trinajstić information content (AvgIpc) is 2.68. The van der Waals surface area contributed by atoms with Crippen LogP contribution in [0.5, 0.6) is 5.75 Å². The van der Waals surface area contributed by atoms with Gasteiger partial charge in [0, 0.05) is 18.0 Å². The standard InChI is InChI=1S/C24H35NO/c1-3-5-7-9-10-14-21-20-25-18-17-22(21)23-15-11-12-16-24(23)26-19-13-8-6-4-2/h11-12,15-18,20H,3-10,13-14,19H2,1-2H3. The van der Waals surface area contributed by atoms with Crippen molar-refractivity contribution in [1.29, 1.82) is 0 Å². The van der Waals surface area contributed by atoms with Crippen LogP contribution in [0, 0.1) is 0 Å². The van der Waals surface area contributed by atoms with E-state index in [2.05, 4.69) is 49.2 Å². The first kappa shape index (κ1) is 20.5. The third-order valence-corrected chi connectivity index (χ3v) is 4.89. The van der Waals surface area contributed by atoms with Gasteiger partial charge in [0.05, 0.1) is 6.61 Å². The topological polar surface area (TPSA) is 22.1 Å². The lowest BCUT2D eigenvalue weighted by atomic mass is 9.97. The molecule has 142 valence electrons. The van der Waals surface area contributed by atoms with E-state index in [1.807, 2.05) is 12.4 Å². The molecular weight excluding hydrogens is 318 g/mol. The van der Waals surface area contributed by atoms with Gasteiger partial charge < -0.3 is 4.74 Å². The number of ether oxygens (including phenoxy) is 1. The maximum Gasteiger partial charge on any atom is 0.127 e. The number of unbranched alkanes of at least 4 members (excludes halogenated alkanes) is 7. The van der Waals surface area contributed by atoms with Crippen molar-refractivity contribution in [2.45, 2.75) is 78.1 Å². The first-order valence-electron chi connectivity index (χ1n) is 10.5. The Morgan fingerprint density at radius 2 is 1.50 bits per heavy atom. The van der Waals surface area contributed by atoms with Crippen molar-refractivity contribution in [3.05, 3.63) is 48.3 Å². The van der Waals surface area contributed by atoms with Crippen LogP contribution in [0.25, 0.3) is 11.1 Å². The summed E-state index contributed by atoms with van der Waals surface area (Å²) in [7, 11) is 0. The molecule has 0 aliphatic rings. The zero-order valence-electron chi connectivity index (χ0n) is 16.7. The molecule has 2 nitrogen and oxygen atoms in total. The minimum atomic E-state index is 0.800. The van der Waals surface area contributed by atoms with Gasteiger partial charge in [-0.25, -0.2) is 0 Å². The van der Waals surface area contributed by atoms with Crippen molar-refractivity contribution < 1.29 is 4.74 Å². The van der Waals surface area contributed by atoms with Crippen LogP contribution in [-0.2, 0) is 6.42 Å². The second-order valence-electron chi connectivity index (χ2n) is 7.10. The molecule has 1 aromatic heterocycles. The van der Waals surface area contributed by atoms with E-state index >= 15 is 0 Å². The fourth-order valence-corrected chi connectivity index (χ4v) is 3.33. The number of nitrogens with zero attached hydrogens (tertiary/aromatic N) is 1. The van der Waals surface area contributed by atoms with Gasteiger partial charge >= 0.3 is 0 Å². The zero-order valence-corrected chi connectivity index (χ0v) is 16.7. The van der Waals surface area contributed by atoms with E-state index in [0.29, 0.717) is 0 Å². The molecule has 0 unspecified atom stereocenters. The van der Waals surface area contributed by atoms with Crippen molar-refractivity contribution in [3.63, 3.8) is 0 Å². The van der Waals surface area contributed by atoms with Gasteiger partial charge in [-0.3, -0.25) is 4.98 Å². The predicted octanol–water partition coefficient (Wildman–Crippen LogP) is 7.22. The molecule has 0 fully saturated rings. The Hall–Kier alpha value is -1.83. The Labute approximate surface area is 160 Å². The second-order valence-corrected chi connectivity index (χ2v) is 7.10. The molecule has 0 saturated heterocycles. The van der Waals surface area contributed by atoms with E-state index in [4.69, 9.17) is 4.74 Å². The van der Waals surface area contributed by atoms with Crippen molar-refractivity contribution in [2.75, 3.05) is 6.61 Å². The van der Waals surface area contributed by atoms with Gasteiger partial charge in [-0.15, -0.1) is 0 Å². The molecule has 2 rings (SSSR count). The van der Waals surface area contributed by atoms with Crippen LogP contribution in [0.1, 0.15) is 77.2 Å². The minimum absolute atomic E-state index is 0.800. The van der Waals surface area contributed by atoms with Gasteiger partial charge in [0.2, 0.25) is 0 Å². The highest BCUT2D eigenvalue weighted by Crippen LogP contribution is 2.32. The van der Waals surface area contributed by atoms with Gasteiger partial charge in [-0.05, 0) is 42.5 Å². The summed E-state index contributed by atoms with van der Waals surface area (Å²) in [5, 5.41) is 0. The summed E-state index contributed by atoms with van der Waals surface area (Å²) < 4.78 is 6.13. The summed E-state index contributed by atoms with van der Waals surface area (Å²) >= 11 is 0. The summed E-state index contributed by atoms with van der Waals surface area (Å²) in [5.74, 6) is 1.00. The predicted molar refractivity (Wildman–Crippen MR) is 112 cm³/mol. The monoisotopic (exact) mass is 353 g/mol. The highest BCUT2D eigenvalue weighted by molar-refractivity contribution is 5.72. The lowest BCUT2D eigenvalue weighted by Crippen LogP contribution is -2.00. The van der Waals surface area contributed by atoms with Gasteiger partial charge in [0.25, 0.3) is 0 Å². The molecular formula is C24H35NO. The van der Waals surface area contributed by atoms with Crippen LogP contribution in [0.4, 0.5) is 0 Å². The molecule has 26 heavy (non-hydrogen) atoms. The van der Waals surface area contributed by atoms with E-state index in [-0.39, 0.29) is 0 Å². The number of hydrogen-bond acceptors (Lipinski definition) is 2. The third-order valence-electron chi connectivity index (χ3n) is 4.89. The Bertz CT molecular complexity index is 568. The summed E-state index contributed by atoms with van der Waals surface area (Å²) in [4.78, 5) is 4.37. The molecule has 0 bridgehead atoms. The number of pyridine rings is 1. The number of aryl methyl sites for hydroxylation is 1. The SMILES string of the molecule is CCCCCCCc1cnccc1-c1ccccc1OCCCCCC. The minimum Gasteiger partial charge on any atom is -0.493 e. The molecule has 0 atom stereocenters. The van der Waals surface area contributed by atoms with Crippen LogP contribution < -0.4 is 4.74 Å². The van der Waals surface area contributed by atoms with Crippen LogP contribution in [0.3, 0.4) is 0 Å². The van der Waals surface area contributed by atoms with Gasteiger partial charge in [0.15, 0.2) is 0 Å². The summed E-state index contributed by atoms with van der Waals surface area (Å²) in [6.45, 7) is 5.30. The fraction of sp³-hybridized carbons (Fsp3) is 0.542.